The van der Waals surface area contributed by atoms with Gasteiger partial charge in [0.05, 0.1) is 17.3 Å². The fraction of sp³-hybridized carbons (Fsp3) is 0.321. The van der Waals surface area contributed by atoms with Gasteiger partial charge in [-0.15, -0.1) is 0 Å². The number of aromatic nitrogens is 4. The van der Waals surface area contributed by atoms with Gasteiger partial charge in [-0.3, -0.25) is 19.6 Å². The number of ether oxygens (including phenoxy) is 1. The standard InChI is InChI=1S/C28H31N7O5/c1-3-34-22(12-17(2)32-34)26(37)31-27-30-21-13-19(25(29)36)14-23-24(21)35(27)20(16-40-23)10-7-11-33(28(38)39)15-18-8-5-4-6-9-18/h4-6,8-9,12-14,20H,3,7,10-11,15-16H2,1-2H3,(H2,29,36)(H,38,39)(H,30,31,37)/t20-/m1/s1. The average Bonchev–Trinajstić information content (AvgIpc) is 3.50. The first-order valence-electron chi connectivity index (χ1n) is 13.1. The van der Waals surface area contributed by atoms with E-state index < -0.39 is 12.0 Å². The van der Waals surface area contributed by atoms with Gasteiger partial charge in [0.15, 0.2) is 0 Å². The van der Waals surface area contributed by atoms with Gasteiger partial charge < -0.3 is 25.0 Å². The molecule has 0 saturated carbocycles. The molecule has 3 heterocycles. The molecule has 0 radical (unpaired) electrons. The van der Waals surface area contributed by atoms with Gasteiger partial charge in [0, 0.05) is 25.2 Å². The number of rotatable bonds is 10. The van der Waals surface area contributed by atoms with Crippen molar-refractivity contribution in [2.45, 2.75) is 45.8 Å². The maximum Gasteiger partial charge on any atom is 0.407 e. The molecule has 2 aromatic heterocycles. The molecule has 2 aromatic carbocycles. The molecule has 3 amide bonds. The lowest BCUT2D eigenvalue weighted by molar-refractivity contribution is 0.0995. The van der Waals surface area contributed by atoms with E-state index in [4.69, 9.17) is 10.5 Å². The predicted molar refractivity (Wildman–Crippen MR) is 147 cm³/mol. The van der Waals surface area contributed by atoms with Crippen molar-refractivity contribution in [3.8, 4) is 5.75 Å². The maximum absolute atomic E-state index is 13.3. The normalized spacial score (nSPS) is 14.1. The first-order chi connectivity index (χ1) is 19.2. The summed E-state index contributed by atoms with van der Waals surface area (Å²) in [6, 6.07) is 14.1. The van der Waals surface area contributed by atoms with E-state index in [0.717, 1.165) is 11.3 Å². The number of amides is 3. The Bertz CT molecular complexity index is 1580. The van der Waals surface area contributed by atoms with Gasteiger partial charge in [-0.2, -0.15) is 5.10 Å². The summed E-state index contributed by atoms with van der Waals surface area (Å²) in [7, 11) is 0. The Kier molecular flexibility index (Phi) is 7.41. The highest BCUT2D eigenvalue weighted by Gasteiger charge is 2.29. The van der Waals surface area contributed by atoms with Crippen LogP contribution in [-0.2, 0) is 13.1 Å². The summed E-state index contributed by atoms with van der Waals surface area (Å²) in [5.74, 6) is -0.229. The molecule has 1 aliphatic heterocycles. The van der Waals surface area contributed by atoms with Crippen LogP contribution in [0.3, 0.4) is 0 Å². The average molecular weight is 546 g/mol. The van der Waals surface area contributed by atoms with E-state index in [9.17, 15) is 19.5 Å². The van der Waals surface area contributed by atoms with Crippen molar-refractivity contribution in [1.29, 1.82) is 0 Å². The zero-order valence-electron chi connectivity index (χ0n) is 22.3. The second-order valence-electron chi connectivity index (χ2n) is 9.75. The quantitative estimate of drug-likeness (QED) is 0.273. The molecular weight excluding hydrogens is 514 g/mol. The molecule has 0 bridgehead atoms. The third kappa shape index (κ3) is 5.33. The van der Waals surface area contributed by atoms with E-state index in [-0.39, 0.29) is 30.7 Å². The fourth-order valence-corrected chi connectivity index (χ4v) is 5.06. The minimum Gasteiger partial charge on any atom is -0.489 e. The number of carboxylic acid groups (broad SMARTS) is 1. The van der Waals surface area contributed by atoms with Gasteiger partial charge in [-0.1, -0.05) is 30.3 Å². The van der Waals surface area contributed by atoms with Crippen LogP contribution < -0.4 is 15.8 Å². The number of anilines is 1. The lowest BCUT2D eigenvalue weighted by Crippen LogP contribution is -2.31. The van der Waals surface area contributed by atoms with Gasteiger partial charge in [-0.25, -0.2) is 9.78 Å². The summed E-state index contributed by atoms with van der Waals surface area (Å²) in [6.07, 6.45) is 0.126. The number of carbonyl (C=O) groups is 3. The lowest BCUT2D eigenvalue weighted by Gasteiger charge is -2.28. The van der Waals surface area contributed by atoms with Crippen molar-refractivity contribution in [1.82, 2.24) is 24.2 Å². The molecule has 1 atom stereocenters. The van der Waals surface area contributed by atoms with Crippen molar-refractivity contribution in [3.63, 3.8) is 0 Å². The summed E-state index contributed by atoms with van der Waals surface area (Å²) < 4.78 is 9.54. The highest BCUT2D eigenvalue weighted by atomic mass is 16.5. The smallest absolute Gasteiger partial charge is 0.407 e. The number of hydrogen-bond acceptors (Lipinski definition) is 6. The maximum atomic E-state index is 13.3. The molecule has 4 N–H and O–H groups in total. The van der Waals surface area contributed by atoms with Gasteiger partial charge in [0.2, 0.25) is 11.9 Å². The Labute approximate surface area is 230 Å². The molecule has 12 nitrogen and oxygen atoms in total. The minimum atomic E-state index is -0.992. The highest BCUT2D eigenvalue weighted by Crippen LogP contribution is 2.38. The zero-order chi connectivity index (χ0) is 28.4. The predicted octanol–water partition coefficient (Wildman–Crippen LogP) is 3.81. The van der Waals surface area contributed by atoms with Crippen LogP contribution in [0.25, 0.3) is 11.0 Å². The molecule has 0 unspecified atom stereocenters. The number of carbonyl (C=O) groups excluding carboxylic acids is 2. The van der Waals surface area contributed by atoms with Crippen LogP contribution in [0.1, 0.15) is 57.9 Å². The number of aryl methyl sites for hydroxylation is 2. The van der Waals surface area contributed by atoms with Gasteiger partial charge in [0.25, 0.3) is 5.91 Å². The third-order valence-corrected chi connectivity index (χ3v) is 6.94. The van der Waals surface area contributed by atoms with E-state index >= 15 is 0 Å². The Hall–Kier alpha value is -4.87. The molecule has 0 spiro atoms. The molecule has 208 valence electrons. The summed E-state index contributed by atoms with van der Waals surface area (Å²) in [4.78, 5) is 43.1. The van der Waals surface area contributed by atoms with Crippen LogP contribution in [0.5, 0.6) is 5.75 Å². The molecule has 0 saturated heterocycles. The lowest BCUT2D eigenvalue weighted by atomic mass is 10.1. The van der Waals surface area contributed by atoms with Crippen LogP contribution in [0.2, 0.25) is 0 Å². The molecular formula is C28H31N7O5. The van der Waals surface area contributed by atoms with E-state index in [1.165, 1.54) is 4.90 Å². The summed E-state index contributed by atoms with van der Waals surface area (Å²) >= 11 is 0. The number of imidazole rings is 1. The molecule has 0 fully saturated rings. The Morgan fingerprint density at radius 1 is 1.20 bits per heavy atom. The van der Waals surface area contributed by atoms with Crippen LogP contribution in [0, 0.1) is 6.92 Å². The molecule has 40 heavy (non-hydrogen) atoms. The number of nitrogens with one attached hydrogen (secondary N) is 1. The molecule has 0 aliphatic carbocycles. The summed E-state index contributed by atoms with van der Waals surface area (Å²) in [5, 5.41) is 17.0. The highest BCUT2D eigenvalue weighted by molar-refractivity contribution is 6.04. The number of nitrogens with two attached hydrogens (primary N) is 1. The van der Waals surface area contributed by atoms with E-state index in [1.54, 1.807) is 22.9 Å². The topological polar surface area (TPSA) is 158 Å². The molecule has 1 aliphatic rings. The van der Waals surface area contributed by atoms with Crippen molar-refractivity contribution >= 4 is 34.9 Å². The minimum absolute atomic E-state index is 0.238. The van der Waals surface area contributed by atoms with Gasteiger partial charge in [-0.05, 0) is 50.5 Å². The van der Waals surface area contributed by atoms with Crippen LogP contribution in [0.4, 0.5) is 10.7 Å². The van der Waals surface area contributed by atoms with Crippen molar-refractivity contribution in [2.24, 2.45) is 5.73 Å². The van der Waals surface area contributed by atoms with Crippen LogP contribution in [-0.4, -0.2) is 60.4 Å². The van der Waals surface area contributed by atoms with Crippen LogP contribution in [0.15, 0.2) is 48.5 Å². The van der Waals surface area contributed by atoms with E-state index in [2.05, 4.69) is 15.4 Å². The first-order valence-corrected chi connectivity index (χ1v) is 13.1. The summed E-state index contributed by atoms with van der Waals surface area (Å²) in [5.41, 5.74) is 8.90. The number of nitrogens with zero attached hydrogens (tertiary/aromatic N) is 5. The van der Waals surface area contributed by atoms with Crippen molar-refractivity contribution in [3.05, 3.63) is 71.0 Å². The van der Waals surface area contributed by atoms with Crippen molar-refractivity contribution < 1.29 is 24.2 Å². The fourth-order valence-electron chi connectivity index (χ4n) is 5.06. The molecule has 12 heteroatoms. The summed E-state index contributed by atoms with van der Waals surface area (Å²) in [6.45, 7) is 5.11. The number of hydrogen-bond donors (Lipinski definition) is 3. The Balaban J connectivity index is 1.42. The Morgan fingerprint density at radius 2 is 1.98 bits per heavy atom. The number of benzene rings is 2. The first kappa shape index (κ1) is 26.7. The molecule has 4 aromatic rings. The van der Waals surface area contributed by atoms with Gasteiger partial charge in [0.1, 0.15) is 23.6 Å². The van der Waals surface area contributed by atoms with E-state index in [0.29, 0.717) is 54.4 Å². The number of primary amides is 1. The largest absolute Gasteiger partial charge is 0.489 e. The second kappa shape index (κ2) is 11.1. The van der Waals surface area contributed by atoms with E-state index in [1.807, 2.05) is 48.7 Å². The zero-order valence-corrected chi connectivity index (χ0v) is 22.3. The monoisotopic (exact) mass is 545 g/mol. The second-order valence-corrected chi connectivity index (χ2v) is 9.75. The van der Waals surface area contributed by atoms with Crippen LogP contribution >= 0.6 is 0 Å². The molecule has 5 rings (SSSR count). The SMILES string of the molecule is CCn1nc(C)cc1C(=O)Nc1nc2cc(C(N)=O)cc3c2n1[C@H](CCCN(Cc1ccccc1)C(=O)O)CO3. The van der Waals surface area contributed by atoms with Crippen molar-refractivity contribution in [2.75, 3.05) is 18.5 Å². The third-order valence-electron chi connectivity index (χ3n) is 6.94. The van der Waals surface area contributed by atoms with Gasteiger partial charge >= 0.3 is 6.09 Å². The Morgan fingerprint density at radius 3 is 2.67 bits per heavy atom.